The third kappa shape index (κ3) is 5.20. The first kappa shape index (κ1) is 18.2. The van der Waals surface area contributed by atoms with E-state index in [0.717, 1.165) is 6.42 Å². The maximum absolute atomic E-state index is 12.3. The molecule has 128 valence electrons. The van der Waals surface area contributed by atoms with Gasteiger partial charge in [0.15, 0.2) is 0 Å². The predicted molar refractivity (Wildman–Crippen MR) is 102 cm³/mol. The molecule has 0 radical (unpaired) electrons. The van der Waals surface area contributed by atoms with Gasteiger partial charge >= 0.3 is 0 Å². The molecule has 0 saturated heterocycles. The molecule has 0 fully saturated rings. The average Bonchev–Trinajstić information content (AvgIpc) is 2.52. The van der Waals surface area contributed by atoms with Gasteiger partial charge in [-0.25, -0.2) is 0 Å². The number of nitrogens with zero attached hydrogens (tertiary/aromatic N) is 1. The molecule has 3 nitrogen and oxygen atoms in total. The summed E-state index contributed by atoms with van der Waals surface area (Å²) in [5.41, 5.74) is 6.89. The van der Waals surface area contributed by atoms with Gasteiger partial charge in [-0.2, -0.15) is 0 Å². The molecule has 0 bridgehead atoms. The quantitative estimate of drug-likeness (QED) is 0.819. The summed E-state index contributed by atoms with van der Waals surface area (Å²) in [5.74, 6) is 0.0209. The maximum Gasteiger partial charge on any atom is 0.246 e. The Hall–Kier alpha value is -2.13. The second kappa shape index (κ2) is 7.63. The first-order chi connectivity index (χ1) is 11.3. The van der Waals surface area contributed by atoms with Crippen molar-refractivity contribution in [2.45, 2.75) is 45.2 Å². The summed E-state index contributed by atoms with van der Waals surface area (Å²) in [6, 6.07) is 15.0. The van der Waals surface area contributed by atoms with Crippen LogP contribution in [0.4, 0.5) is 0 Å². The molecule has 1 amide bonds. The van der Waals surface area contributed by atoms with E-state index in [2.05, 4.69) is 43.3 Å². The summed E-state index contributed by atoms with van der Waals surface area (Å²) < 4.78 is 0. The fourth-order valence-corrected chi connectivity index (χ4v) is 2.64. The Morgan fingerprint density at radius 1 is 1.21 bits per heavy atom. The van der Waals surface area contributed by atoms with Crippen LogP contribution in [-0.4, -0.2) is 29.4 Å². The van der Waals surface area contributed by atoms with Crippen LogP contribution in [0.2, 0.25) is 0 Å². The molecule has 2 aromatic carbocycles. The van der Waals surface area contributed by atoms with Gasteiger partial charge in [-0.1, -0.05) is 48.5 Å². The Bertz CT molecular complexity index is 728. The normalized spacial score (nSPS) is 13.4. The molecule has 2 aromatic rings. The molecule has 0 unspecified atom stereocenters. The highest BCUT2D eigenvalue weighted by Gasteiger charge is 2.15. The minimum absolute atomic E-state index is 0.0209. The molecule has 0 saturated carbocycles. The molecule has 0 aliphatic heterocycles. The number of benzene rings is 2. The maximum atomic E-state index is 12.3. The molecule has 2 N–H and O–H groups in total. The third-order valence-electron chi connectivity index (χ3n) is 4.26. The second-order valence-electron chi connectivity index (χ2n) is 7.28. The standard InChI is InChI=1S/C21H28N2O/c1-16(23(4)20(24)10-7-13-21(2,3)22)14-17-11-12-18-8-5-6-9-19(18)15-17/h5-12,15-16H,13-14,22H2,1-4H3/b10-7+/t16-/m0/s1. The van der Waals surface area contributed by atoms with E-state index in [1.165, 1.54) is 16.3 Å². The lowest BCUT2D eigenvalue weighted by Crippen LogP contribution is -2.35. The van der Waals surface area contributed by atoms with E-state index >= 15 is 0 Å². The Labute approximate surface area is 145 Å². The molecule has 0 heterocycles. The zero-order chi connectivity index (χ0) is 17.7. The van der Waals surface area contributed by atoms with Crippen molar-refractivity contribution < 1.29 is 4.79 Å². The van der Waals surface area contributed by atoms with Gasteiger partial charge < -0.3 is 10.6 Å². The number of fused-ring (bicyclic) bond motifs is 1. The van der Waals surface area contributed by atoms with Crippen LogP contribution in [0.5, 0.6) is 0 Å². The molecule has 0 spiro atoms. The zero-order valence-electron chi connectivity index (χ0n) is 15.1. The van der Waals surface area contributed by atoms with Crippen molar-refractivity contribution in [3.63, 3.8) is 0 Å². The summed E-state index contributed by atoms with van der Waals surface area (Å²) in [6.45, 7) is 5.98. The van der Waals surface area contributed by atoms with Crippen LogP contribution in [0.15, 0.2) is 54.6 Å². The topological polar surface area (TPSA) is 46.3 Å². The van der Waals surface area contributed by atoms with E-state index < -0.39 is 0 Å². The van der Waals surface area contributed by atoms with Gasteiger partial charge in [0, 0.05) is 18.6 Å². The number of likely N-dealkylation sites (N-methyl/N-ethyl adjacent to an activating group) is 1. The number of carbonyl (C=O) groups excluding carboxylic acids is 1. The molecular formula is C21H28N2O. The summed E-state index contributed by atoms with van der Waals surface area (Å²) >= 11 is 0. The Morgan fingerprint density at radius 3 is 2.54 bits per heavy atom. The Balaban J connectivity index is 1.99. The molecule has 3 heteroatoms. The molecule has 0 aromatic heterocycles. The monoisotopic (exact) mass is 324 g/mol. The van der Waals surface area contributed by atoms with Crippen molar-refractivity contribution in [2.75, 3.05) is 7.05 Å². The fourth-order valence-electron chi connectivity index (χ4n) is 2.64. The summed E-state index contributed by atoms with van der Waals surface area (Å²) in [6.07, 6.45) is 5.02. The van der Waals surface area contributed by atoms with Gasteiger partial charge in [0.2, 0.25) is 5.91 Å². The van der Waals surface area contributed by atoms with Crippen molar-refractivity contribution in [1.29, 1.82) is 0 Å². The largest absolute Gasteiger partial charge is 0.339 e. The van der Waals surface area contributed by atoms with Gasteiger partial charge in [0.1, 0.15) is 0 Å². The van der Waals surface area contributed by atoms with Crippen LogP contribution in [-0.2, 0) is 11.2 Å². The predicted octanol–water partition coefficient (Wildman–Crippen LogP) is 3.91. The number of carbonyl (C=O) groups is 1. The summed E-state index contributed by atoms with van der Waals surface area (Å²) in [5, 5.41) is 2.48. The van der Waals surface area contributed by atoms with Gasteiger partial charge in [-0.15, -0.1) is 0 Å². The Kier molecular flexibility index (Phi) is 5.79. The fraction of sp³-hybridized carbons (Fsp3) is 0.381. The van der Waals surface area contributed by atoms with Crippen LogP contribution in [0.3, 0.4) is 0 Å². The van der Waals surface area contributed by atoms with E-state index in [-0.39, 0.29) is 17.5 Å². The van der Waals surface area contributed by atoms with Crippen LogP contribution in [0.25, 0.3) is 10.8 Å². The van der Waals surface area contributed by atoms with Crippen LogP contribution in [0.1, 0.15) is 32.8 Å². The molecule has 2 rings (SSSR count). The van der Waals surface area contributed by atoms with Crippen molar-refractivity contribution in [3.8, 4) is 0 Å². The SMILES string of the molecule is C[C@@H](Cc1ccc2ccccc2c1)N(C)C(=O)/C=C/CC(C)(C)N. The van der Waals surface area contributed by atoms with Crippen LogP contribution >= 0.6 is 0 Å². The lowest BCUT2D eigenvalue weighted by Gasteiger charge is -2.24. The number of hydrogen-bond acceptors (Lipinski definition) is 2. The molecule has 24 heavy (non-hydrogen) atoms. The van der Waals surface area contributed by atoms with Gasteiger partial charge in [-0.3, -0.25) is 4.79 Å². The zero-order valence-corrected chi connectivity index (χ0v) is 15.1. The van der Waals surface area contributed by atoms with Gasteiger partial charge in [0.05, 0.1) is 0 Å². The van der Waals surface area contributed by atoms with E-state index in [1.807, 2.05) is 33.0 Å². The minimum Gasteiger partial charge on any atom is -0.339 e. The van der Waals surface area contributed by atoms with Crippen LogP contribution < -0.4 is 5.73 Å². The number of hydrogen-bond donors (Lipinski definition) is 1. The van der Waals surface area contributed by atoms with Crippen LogP contribution in [0, 0.1) is 0 Å². The first-order valence-corrected chi connectivity index (χ1v) is 8.46. The number of nitrogens with two attached hydrogens (primary N) is 1. The lowest BCUT2D eigenvalue weighted by molar-refractivity contribution is -0.126. The second-order valence-corrected chi connectivity index (χ2v) is 7.28. The third-order valence-corrected chi connectivity index (χ3v) is 4.26. The summed E-state index contributed by atoms with van der Waals surface area (Å²) in [4.78, 5) is 14.1. The van der Waals surface area contributed by atoms with E-state index in [0.29, 0.717) is 6.42 Å². The van der Waals surface area contributed by atoms with Crippen molar-refractivity contribution in [2.24, 2.45) is 5.73 Å². The van der Waals surface area contributed by atoms with E-state index in [9.17, 15) is 4.79 Å². The van der Waals surface area contributed by atoms with Crippen molar-refractivity contribution in [3.05, 3.63) is 60.2 Å². The highest BCUT2D eigenvalue weighted by molar-refractivity contribution is 5.87. The summed E-state index contributed by atoms with van der Waals surface area (Å²) in [7, 11) is 1.85. The van der Waals surface area contributed by atoms with Gasteiger partial charge in [0.25, 0.3) is 0 Å². The van der Waals surface area contributed by atoms with Crippen molar-refractivity contribution >= 4 is 16.7 Å². The molecule has 0 aliphatic rings. The molecular weight excluding hydrogens is 296 g/mol. The Morgan fingerprint density at radius 2 is 1.88 bits per heavy atom. The average molecular weight is 324 g/mol. The highest BCUT2D eigenvalue weighted by Crippen LogP contribution is 2.17. The lowest BCUT2D eigenvalue weighted by atomic mass is 10.0. The van der Waals surface area contributed by atoms with E-state index in [4.69, 9.17) is 5.73 Å². The first-order valence-electron chi connectivity index (χ1n) is 8.46. The molecule has 1 atom stereocenters. The number of amides is 1. The smallest absolute Gasteiger partial charge is 0.246 e. The van der Waals surface area contributed by atoms with E-state index in [1.54, 1.807) is 11.0 Å². The van der Waals surface area contributed by atoms with Crippen molar-refractivity contribution in [1.82, 2.24) is 4.90 Å². The molecule has 0 aliphatic carbocycles. The van der Waals surface area contributed by atoms with Gasteiger partial charge in [-0.05, 0) is 56.0 Å². The minimum atomic E-state index is -0.286. The number of rotatable bonds is 6. The highest BCUT2D eigenvalue weighted by atomic mass is 16.2.